The molecule has 2 aromatic carbocycles. The molecule has 0 aliphatic heterocycles. The molecule has 5 heteroatoms. The molecule has 0 saturated heterocycles. The topological polar surface area (TPSA) is 66.6 Å². The molecule has 0 saturated carbocycles. The number of carboxylic acids is 1. The third-order valence-corrected chi connectivity index (χ3v) is 3.41. The molecule has 3 N–H and O–H groups in total. The van der Waals surface area contributed by atoms with Crippen molar-refractivity contribution in [1.29, 1.82) is 0 Å². The average Bonchev–Trinajstić information content (AvgIpc) is 2.40. The highest BCUT2D eigenvalue weighted by atomic mass is 35.5. The number of hydrogen-bond acceptors (Lipinski definition) is 3. The second-order valence-electron chi connectivity index (χ2n) is 4.50. The van der Waals surface area contributed by atoms with Crippen LogP contribution in [0.1, 0.15) is 15.9 Å². The normalized spacial score (nSPS) is 10.3. The number of para-hydroxylation sites is 1. The van der Waals surface area contributed by atoms with Crippen molar-refractivity contribution in [2.24, 2.45) is 0 Å². The monoisotopic (exact) mass is 290 g/mol. The van der Waals surface area contributed by atoms with Crippen molar-refractivity contribution in [3.05, 3.63) is 58.6 Å². The molecule has 4 nitrogen and oxygen atoms in total. The highest BCUT2D eigenvalue weighted by molar-refractivity contribution is 6.31. The fraction of sp³-hybridized carbons (Fsp3) is 0.133. The molecule has 0 bridgehead atoms. The number of carbonyl (C=O) groups is 1. The fourth-order valence-electron chi connectivity index (χ4n) is 2.12. The minimum absolute atomic E-state index is 0.180. The quantitative estimate of drug-likeness (QED) is 0.848. The molecule has 0 unspecified atom stereocenters. The van der Waals surface area contributed by atoms with Crippen LogP contribution in [0.25, 0.3) is 0 Å². The zero-order valence-electron chi connectivity index (χ0n) is 11.0. The summed E-state index contributed by atoms with van der Waals surface area (Å²) >= 11 is 6.12. The molecule has 2 aromatic rings. The first kappa shape index (κ1) is 14.2. The van der Waals surface area contributed by atoms with Crippen LogP contribution in [-0.2, 0) is 6.54 Å². The van der Waals surface area contributed by atoms with Crippen LogP contribution < -0.4 is 10.6 Å². The summed E-state index contributed by atoms with van der Waals surface area (Å²) in [4.78, 5) is 13.1. The smallest absolute Gasteiger partial charge is 0.337 e. The van der Waals surface area contributed by atoms with Crippen LogP contribution >= 0.6 is 11.6 Å². The Kier molecular flexibility index (Phi) is 4.15. The maximum Gasteiger partial charge on any atom is 0.337 e. The van der Waals surface area contributed by atoms with Gasteiger partial charge in [0.2, 0.25) is 0 Å². The number of benzene rings is 2. The van der Waals surface area contributed by atoms with E-state index in [1.807, 2.05) is 18.2 Å². The number of nitrogens with zero attached hydrogens (tertiary/aromatic N) is 1. The van der Waals surface area contributed by atoms with Gasteiger partial charge in [0.25, 0.3) is 0 Å². The van der Waals surface area contributed by atoms with Gasteiger partial charge in [-0.3, -0.25) is 0 Å². The molecular formula is C15H15ClN2O2. The molecule has 0 aliphatic rings. The second-order valence-corrected chi connectivity index (χ2v) is 4.90. The van der Waals surface area contributed by atoms with Crippen LogP contribution in [0.2, 0.25) is 5.02 Å². The molecule has 0 heterocycles. The van der Waals surface area contributed by atoms with E-state index in [1.54, 1.807) is 30.1 Å². The van der Waals surface area contributed by atoms with Gasteiger partial charge in [-0.2, -0.15) is 0 Å². The van der Waals surface area contributed by atoms with E-state index in [9.17, 15) is 9.90 Å². The number of hydrogen-bond donors (Lipinski definition) is 2. The van der Waals surface area contributed by atoms with Crippen LogP contribution in [0.15, 0.2) is 42.5 Å². The van der Waals surface area contributed by atoms with Crippen LogP contribution in [0, 0.1) is 0 Å². The third-order valence-electron chi connectivity index (χ3n) is 3.04. The van der Waals surface area contributed by atoms with E-state index in [-0.39, 0.29) is 5.56 Å². The number of halogens is 1. The Hall–Kier alpha value is -2.20. The molecule has 0 atom stereocenters. The molecule has 0 amide bonds. The van der Waals surface area contributed by atoms with Gasteiger partial charge in [-0.15, -0.1) is 0 Å². The van der Waals surface area contributed by atoms with Crippen LogP contribution in [-0.4, -0.2) is 18.1 Å². The first-order valence-electron chi connectivity index (χ1n) is 6.07. The van der Waals surface area contributed by atoms with Gasteiger partial charge in [-0.25, -0.2) is 4.79 Å². The van der Waals surface area contributed by atoms with Gasteiger partial charge in [-0.1, -0.05) is 35.9 Å². The lowest BCUT2D eigenvalue weighted by Crippen LogP contribution is -2.21. The van der Waals surface area contributed by atoms with E-state index >= 15 is 0 Å². The summed E-state index contributed by atoms with van der Waals surface area (Å²) in [5, 5.41) is 9.90. The van der Waals surface area contributed by atoms with Crippen molar-refractivity contribution in [3.8, 4) is 0 Å². The summed E-state index contributed by atoms with van der Waals surface area (Å²) in [6, 6.07) is 12.3. The van der Waals surface area contributed by atoms with E-state index in [2.05, 4.69) is 0 Å². The third kappa shape index (κ3) is 2.86. The zero-order valence-corrected chi connectivity index (χ0v) is 11.8. The largest absolute Gasteiger partial charge is 0.478 e. The van der Waals surface area contributed by atoms with Gasteiger partial charge in [0.05, 0.1) is 16.9 Å². The Morgan fingerprint density at radius 1 is 1.25 bits per heavy atom. The number of nitrogens with two attached hydrogens (primary N) is 1. The Labute approximate surface area is 122 Å². The lowest BCUT2D eigenvalue weighted by atomic mass is 10.1. The van der Waals surface area contributed by atoms with Gasteiger partial charge >= 0.3 is 5.97 Å². The molecule has 0 fully saturated rings. The predicted molar refractivity (Wildman–Crippen MR) is 81.4 cm³/mol. The van der Waals surface area contributed by atoms with Gasteiger partial charge in [0, 0.05) is 18.6 Å². The van der Waals surface area contributed by atoms with Crippen molar-refractivity contribution in [1.82, 2.24) is 0 Å². The van der Waals surface area contributed by atoms with Crippen molar-refractivity contribution in [3.63, 3.8) is 0 Å². The number of carboxylic acid groups (broad SMARTS) is 1. The van der Waals surface area contributed by atoms with Gasteiger partial charge in [0.1, 0.15) is 0 Å². The Morgan fingerprint density at radius 3 is 2.60 bits per heavy atom. The Morgan fingerprint density at radius 2 is 1.95 bits per heavy atom. The molecule has 0 radical (unpaired) electrons. The van der Waals surface area contributed by atoms with Crippen molar-refractivity contribution in [2.45, 2.75) is 6.54 Å². The SMILES string of the molecule is CN(Cc1ccccc1Cl)c1c(N)cccc1C(=O)O. The van der Waals surface area contributed by atoms with Crippen LogP contribution in [0.3, 0.4) is 0 Å². The highest BCUT2D eigenvalue weighted by Crippen LogP contribution is 2.29. The van der Waals surface area contributed by atoms with Gasteiger partial charge in [-0.05, 0) is 23.8 Å². The first-order valence-corrected chi connectivity index (χ1v) is 6.45. The van der Waals surface area contributed by atoms with E-state index in [1.165, 1.54) is 6.07 Å². The minimum Gasteiger partial charge on any atom is -0.478 e. The minimum atomic E-state index is -1.00. The molecular weight excluding hydrogens is 276 g/mol. The summed E-state index contributed by atoms with van der Waals surface area (Å²) < 4.78 is 0. The summed E-state index contributed by atoms with van der Waals surface area (Å²) in [7, 11) is 1.79. The highest BCUT2D eigenvalue weighted by Gasteiger charge is 2.17. The number of anilines is 2. The lowest BCUT2D eigenvalue weighted by molar-refractivity contribution is 0.0697. The fourth-order valence-corrected chi connectivity index (χ4v) is 2.32. The van der Waals surface area contributed by atoms with E-state index < -0.39 is 5.97 Å². The van der Waals surface area contributed by atoms with Crippen molar-refractivity contribution >= 4 is 28.9 Å². The van der Waals surface area contributed by atoms with Gasteiger partial charge in [0.15, 0.2) is 0 Å². The van der Waals surface area contributed by atoms with E-state index in [4.69, 9.17) is 17.3 Å². The van der Waals surface area contributed by atoms with Crippen LogP contribution in [0.5, 0.6) is 0 Å². The standard InChI is InChI=1S/C15H15ClN2O2/c1-18(9-10-5-2-3-7-12(10)16)14-11(15(19)20)6-4-8-13(14)17/h2-8H,9,17H2,1H3,(H,19,20). The number of aromatic carboxylic acids is 1. The lowest BCUT2D eigenvalue weighted by Gasteiger charge is -2.23. The van der Waals surface area contributed by atoms with Gasteiger partial charge < -0.3 is 15.7 Å². The maximum absolute atomic E-state index is 11.3. The Balaban J connectivity index is 2.37. The number of nitrogen functional groups attached to an aromatic ring is 1. The summed E-state index contributed by atoms with van der Waals surface area (Å²) in [5.41, 5.74) is 7.94. The first-order chi connectivity index (χ1) is 9.50. The molecule has 0 aliphatic carbocycles. The molecule has 0 aromatic heterocycles. The average molecular weight is 291 g/mol. The summed E-state index contributed by atoms with van der Waals surface area (Å²) in [6.07, 6.45) is 0. The van der Waals surface area contributed by atoms with E-state index in [0.717, 1.165) is 5.56 Å². The molecule has 0 spiro atoms. The number of rotatable bonds is 4. The van der Waals surface area contributed by atoms with Crippen molar-refractivity contribution < 1.29 is 9.90 Å². The van der Waals surface area contributed by atoms with Crippen LogP contribution in [0.4, 0.5) is 11.4 Å². The maximum atomic E-state index is 11.3. The summed E-state index contributed by atoms with van der Waals surface area (Å²) in [5.74, 6) is -1.00. The van der Waals surface area contributed by atoms with Crippen molar-refractivity contribution in [2.75, 3.05) is 17.7 Å². The predicted octanol–water partition coefficient (Wildman–Crippen LogP) is 3.26. The Bertz CT molecular complexity index is 644. The molecule has 2 rings (SSSR count). The molecule has 20 heavy (non-hydrogen) atoms. The molecule has 104 valence electrons. The summed E-state index contributed by atoms with van der Waals surface area (Å²) in [6.45, 7) is 0.480. The van der Waals surface area contributed by atoms with E-state index in [0.29, 0.717) is 22.9 Å². The second kappa shape index (κ2) is 5.84. The zero-order chi connectivity index (χ0) is 14.7.